The summed E-state index contributed by atoms with van der Waals surface area (Å²) in [6.45, 7) is 3.13. The van der Waals surface area contributed by atoms with E-state index < -0.39 is 0 Å². The van der Waals surface area contributed by atoms with Crippen LogP contribution in [0.2, 0.25) is 0 Å². The second-order valence-corrected chi connectivity index (χ2v) is 6.47. The molecule has 2 aromatic rings. The zero-order chi connectivity index (χ0) is 13.2. The molecule has 1 atom stereocenters. The molecule has 1 unspecified atom stereocenters. The molecule has 0 fully saturated rings. The van der Waals surface area contributed by atoms with Gasteiger partial charge < -0.3 is 5.32 Å². The Morgan fingerprint density at radius 1 is 1.53 bits per heavy atom. The van der Waals surface area contributed by atoms with Gasteiger partial charge in [0.1, 0.15) is 0 Å². The summed E-state index contributed by atoms with van der Waals surface area (Å²) in [6, 6.07) is 2.47. The van der Waals surface area contributed by atoms with Crippen LogP contribution in [0.15, 0.2) is 22.1 Å². The molecule has 2 aromatic heterocycles. The van der Waals surface area contributed by atoms with Crippen LogP contribution >= 0.6 is 27.3 Å². The fourth-order valence-corrected chi connectivity index (χ4v) is 4.06. The molecule has 100 valence electrons. The lowest BCUT2D eigenvalue weighted by Gasteiger charge is -2.25. The van der Waals surface area contributed by atoms with Gasteiger partial charge in [-0.05, 0) is 53.2 Å². The number of thiophene rings is 1. The minimum Gasteiger partial charge on any atom is -0.310 e. The molecule has 0 bridgehead atoms. The Labute approximate surface area is 125 Å². The van der Waals surface area contributed by atoms with Gasteiger partial charge in [0.2, 0.25) is 0 Å². The van der Waals surface area contributed by atoms with E-state index in [0.717, 1.165) is 28.1 Å². The van der Waals surface area contributed by atoms with Crippen LogP contribution in [0.5, 0.6) is 0 Å². The van der Waals surface area contributed by atoms with Crippen molar-refractivity contribution in [3.63, 3.8) is 0 Å². The van der Waals surface area contributed by atoms with E-state index in [1.807, 2.05) is 12.3 Å². The van der Waals surface area contributed by atoms with Gasteiger partial charge in [-0.3, -0.25) is 0 Å². The van der Waals surface area contributed by atoms with Gasteiger partial charge in [-0.1, -0.05) is 6.92 Å². The molecule has 5 heteroatoms. The summed E-state index contributed by atoms with van der Waals surface area (Å²) in [5.74, 6) is 0.845. The summed E-state index contributed by atoms with van der Waals surface area (Å²) in [6.07, 6.45) is 5.46. The van der Waals surface area contributed by atoms with Crippen molar-refractivity contribution in [3.8, 4) is 10.7 Å². The zero-order valence-electron chi connectivity index (χ0n) is 10.8. The highest BCUT2D eigenvalue weighted by Crippen LogP contribution is 2.34. The first-order valence-electron chi connectivity index (χ1n) is 6.62. The largest absolute Gasteiger partial charge is 0.310 e. The standard InChI is InChI=1S/C14H16BrN3S/c1-2-16-11-4-3-5-12-9(11)8-17-14(18-12)13-10(15)6-7-19-13/h6-8,11,16H,2-5H2,1H3. The van der Waals surface area contributed by atoms with Crippen LogP contribution in [0, 0.1) is 0 Å². The quantitative estimate of drug-likeness (QED) is 0.921. The first-order chi connectivity index (χ1) is 9.29. The number of halogens is 1. The molecule has 0 aliphatic heterocycles. The molecule has 1 aliphatic rings. The first kappa shape index (κ1) is 13.2. The molecule has 0 spiro atoms. The summed E-state index contributed by atoms with van der Waals surface area (Å²) >= 11 is 5.23. The summed E-state index contributed by atoms with van der Waals surface area (Å²) in [7, 11) is 0. The van der Waals surface area contributed by atoms with E-state index >= 15 is 0 Å². The van der Waals surface area contributed by atoms with Crippen molar-refractivity contribution in [1.82, 2.24) is 15.3 Å². The Morgan fingerprint density at radius 3 is 3.16 bits per heavy atom. The predicted octanol–water partition coefficient (Wildman–Crippen LogP) is 3.95. The smallest absolute Gasteiger partial charge is 0.170 e. The van der Waals surface area contributed by atoms with Crippen LogP contribution < -0.4 is 5.32 Å². The van der Waals surface area contributed by atoms with Gasteiger partial charge in [0.05, 0.1) is 4.88 Å². The maximum atomic E-state index is 4.78. The Kier molecular flexibility index (Phi) is 3.96. The molecule has 0 saturated heterocycles. The highest BCUT2D eigenvalue weighted by atomic mass is 79.9. The van der Waals surface area contributed by atoms with Gasteiger partial charge in [-0.25, -0.2) is 9.97 Å². The van der Waals surface area contributed by atoms with Crippen molar-refractivity contribution in [1.29, 1.82) is 0 Å². The van der Waals surface area contributed by atoms with Crippen molar-refractivity contribution in [2.45, 2.75) is 32.2 Å². The van der Waals surface area contributed by atoms with Crippen molar-refractivity contribution in [2.75, 3.05) is 6.54 Å². The maximum Gasteiger partial charge on any atom is 0.170 e. The number of rotatable bonds is 3. The normalized spacial score (nSPS) is 18.3. The van der Waals surface area contributed by atoms with Crippen molar-refractivity contribution in [3.05, 3.63) is 33.4 Å². The van der Waals surface area contributed by atoms with Crippen LogP contribution in [0.3, 0.4) is 0 Å². The van der Waals surface area contributed by atoms with Crippen molar-refractivity contribution >= 4 is 27.3 Å². The topological polar surface area (TPSA) is 37.8 Å². The van der Waals surface area contributed by atoms with Gasteiger partial charge in [0.25, 0.3) is 0 Å². The molecule has 0 radical (unpaired) electrons. The van der Waals surface area contributed by atoms with E-state index in [0.29, 0.717) is 6.04 Å². The molecule has 0 saturated carbocycles. The fourth-order valence-electron chi connectivity index (χ4n) is 2.57. The SMILES string of the molecule is CCNC1CCCc2nc(-c3sccc3Br)ncc21. The molecule has 1 aliphatic carbocycles. The number of fused-ring (bicyclic) bond motifs is 1. The molecule has 2 heterocycles. The number of hydrogen-bond acceptors (Lipinski definition) is 4. The second kappa shape index (κ2) is 5.69. The molecule has 3 nitrogen and oxygen atoms in total. The summed E-state index contributed by atoms with van der Waals surface area (Å²) < 4.78 is 1.08. The summed E-state index contributed by atoms with van der Waals surface area (Å²) in [5.41, 5.74) is 2.49. The molecule has 3 rings (SSSR count). The minimum absolute atomic E-state index is 0.426. The summed E-state index contributed by atoms with van der Waals surface area (Å²) in [4.78, 5) is 10.5. The van der Waals surface area contributed by atoms with Gasteiger partial charge in [-0.2, -0.15) is 0 Å². The van der Waals surface area contributed by atoms with Gasteiger partial charge in [-0.15, -0.1) is 11.3 Å². The van der Waals surface area contributed by atoms with E-state index in [1.165, 1.54) is 24.1 Å². The minimum atomic E-state index is 0.426. The average molecular weight is 338 g/mol. The molecule has 1 N–H and O–H groups in total. The Balaban J connectivity index is 1.98. The van der Waals surface area contributed by atoms with Crippen molar-refractivity contribution in [2.24, 2.45) is 0 Å². The third kappa shape index (κ3) is 2.59. The maximum absolute atomic E-state index is 4.78. The van der Waals surface area contributed by atoms with E-state index in [9.17, 15) is 0 Å². The fraction of sp³-hybridized carbons (Fsp3) is 0.429. The molecule has 19 heavy (non-hydrogen) atoms. The van der Waals surface area contributed by atoms with Crippen LogP contribution in [0.4, 0.5) is 0 Å². The van der Waals surface area contributed by atoms with E-state index in [2.05, 4.69) is 38.5 Å². The monoisotopic (exact) mass is 337 g/mol. The number of aromatic nitrogens is 2. The zero-order valence-corrected chi connectivity index (χ0v) is 13.2. The van der Waals surface area contributed by atoms with Gasteiger partial charge >= 0.3 is 0 Å². The third-order valence-corrected chi connectivity index (χ3v) is 5.29. The third-order valence-electron chi connectivity index (χ3n) is 3.45. The average Bonchev–Trinajstić information content (AvgIpc) is 2.85. The first-order valence-corrected chi connectivity index (χ1v) is 8.29. The van der Waals surface area contributed by atoms with Crippen LogP contribution in [0.25, 0.3) is 10.7 Å². The number of nitrogens with zero attached hydrogens (tertiary/aromatic N) is 2. The van der Waals surface area contributed by atoms with Crippen LogP contribution in [-0.4, -0.2) is 16.5 Å². The summed E-state index contributed by atoms with van der Waals surface area (Å²) in [5, 5.41) is 5.58. The van der Waals surface area contributed by atoms with E-state index in [1.54, 1.807) is 11.3 Å². The van der Waals surface area contributed by atoms with Crippen LogP contribution in [0.1, 0.15) is 37.1 Å². The van der Waals surface area contributed by atoms with Crippen LogP contribution in [-0.2, 0) is 6.42 Å². The molecular weight excluding hydrogens is 322 g/mol. The Bertz CT molecular complexity index is 582. The Hall–Kier alpha value is -0.780. The lowest BCUT2D eigenvalue weighted by molar-refractivity contribution is 0.464. The lowest BCUT2D eigenvalue weighted by atomic mass is 9.92. The number of nitrogens with one attached hydrogen (secondary N) is 1. The number of hydrogen-bond donors (Lipinski definition) is 1. The lowest BCUT2D eigenvalue weighted by Crippen LogP contribution is -2.25. The predicted molar refractivity (Wildman–Crippen MR) is 82.4 cm³/mol. The molecule has 0 amide bonds. The highest BCUT2D eigenvalue weighted by molar-refractivity contribution is 9.10. The number of aryl methyl sites for hydroxylation is 1. The molecule has 0 aromatic carbocycles. The van der Waals surface area contributed by atoms with Crippen molar-refractivity contribution < 1.29 is 0 Å². The van der Waals surface area contributed by atoms with Gasteiger partial charge in [0.15, 0.2) is 5.82 Å². The second-order valence-electron chi connectivity index (χ2n) is 4.70. The van der Waals surface area contributed by atoms with E-state index in [4.69, 9.17) is 4.98 Å². The van der Waals surface area contributed by atoms with E-state index in [-0.39, 0.29) is 0 Å². The highest BCUT2D eigenvalue weighted by Gasteiger charge is 2.22. The molecular formula is C14H16BrN3S. The van der Waals surface area contributed by atoms with Gasteiger partial charge in [0, 0.05) is 28.0 Å². The Morgan fingerprint density at radius 2 is 2.42 bits per heavy atom.